The largest absolute Gasteiger partial charge is 0.493 e. The summed E-state index contributed by atoms with van der Waals surface area (Å²) in [5.41, 5.74) is 1.04. The van der Waals surface area contributed by atoms with Crippen molar-refractivity contribution in [1.29, 1.82) is 0 Å². The van der Waals surface area contributed by atoms with Crippen LogP contribution in [0.15, 0.2) is 24.3 Å². The van der Waals surface area contributed by atoms with Crippen molar-refractivity contribution in [1.82, 2.24) is 0 Å². The van der Waals surface area contributed by atoms with Gasteiger partial charge in [0, 0.05) is 11.8 Å². The van der Waals surface area contributed by atoms with Gasteiger partial charge in [-0.05, 0) is 30.5 Å². The number of hydrogen-bond acceptors (Lipinski definition) is 2. The Labute approximate surface area is 105 Å². The van der Waals surface area contributed by atoms with Crippen LogP contribution in [0.2, 0.25) is 0 Å². The Morgan fingerprint density at radius 3 is 2.50 bits per heavy atom. The smallest absolute Gasteiger partial charge is 0.134 e. The van der Waals surface area contributed by atoms with Gasteiger partial charge in [-0.25, -0.2) is 0 Å². The van der Waals surface area contributed by atoms with E-state index in [1.807, 2.05) is 24.3 Å². The van der Waals surface area contributed by atoms with Crippen LogP contribution in [0.3, 0.4) is 0 Å². The second-order valence-corrected chi connectivity index (χ2v) is 4.74. The van der Waals surface area contributed by atoms with Crippen molar-refractivity contribution in [3.63, 3.8) is 0 Å². The summed E-state index contributed by atoms with van der Waals surface area (Å²) in [6.45, 7) is 4.43. The summed E-state index contributed by atoms with van der Waals surface area (Å²) in [4.78, 5) is 10.9. The van der Waals surface area contributed by atoms with E-state index in [1.54, 1.807) is 6.92 Å². The van der Waals surface area contributed by atoms with Gasteiger partial charge >= 0.3 is 0 Å². The third-order valence-electron chi connectivity index (χ3n) is 2.17. The highest BCUT2D eigenvalue weighted by Gasteiger charge is 2.02. The second-order valence-electron chi connectivity index (χ2n) is 4.09. The Balaban J connectivity index is 2.48. The standard InChI is InChI=1S/C13H17BrO2/c1-10(8-14)9-16-13-5-3-12(4-6-13)7-11(2)15/h3-6,10H,7-9H2,1-2H3. The molecule has 0 saturated carbocycles. The molecule has 1 atom stereocenters. The van der Waals surface area contributed by atoms with E-state index in [-0.39, 0.29) is 5.78 Å². The lowest BCUT2D eigenvalue weighted by Gasteiger charge is -2.10. The first-order chi connectivity index (χ1) is 7.61. The van der Waals surface area contributed by atoms with E-state index in [9.17, 15) is 4.79 Å². The molecule has 0 radical (unpaired) electrons. The molecule has 3 heteroatoms. The van der Waals surface area contributed by atoms with E-state index in [2.05, 4.69) is 22.9 Å². The maximum absolute atomic E-state index is 10.9. The van der Waals surface area contributed by atoms with Crippen LogP contribution in [-0.4, -0.2) is 17.7 Å². The number of alkyl halides is 1. The molecule has 0 aliphatic heterocycles. The molecule has 1 aromatic rings. The third-order valence-corrected chi connectivity index (χ3v) is 3.28. The van der Waals surface area contributed by atoms with E-state index in [4.69, 9.17) is 4.74 Å². The molecule has 16 heavy (non-hydrogen) atoms. The lowest BCUT2D eigenvalue weighted by Crippen LogP contribution is -2.09. The van der Waals surface area contributed by atoms with Crippen LogP contribution >= 0.6 is 15.9 Å². The summed E-state index contributed by atoms with van der Waals surface area (Å²) < 4.78 is 5.60. The topological polar surface area (TPSA) is 26.3 Å². The van der Waals surface area contributed by atoms with Crippen molar-refractivity contribution in [2.24, 2.45) is 5.92 Å². The molecule has 0 aromatic heterocycles. The minimum absolute atomic E-state index is 0.182. The van der Waals surface area contributed by atoms with E-state index in [1.165, 1.54) is 0 Å². The molecular weight excluding hydrogens is 268 g/mol. The third kappa shape index (κ3) is 4.79. The number of rotatable bonds is 6. The molecule has 2 nitrogen and oxygen atoms in total. The van der Waals surface area contributed by atoms with Crippen molar-refractivity contribution < 1.29 is 9.53 Å². The van der Waals surface area contributed by atoms with Crippen LogP contribution in [0.1, 0.15) is 19.4 Å². The zero-order chi connectivity index (χ0) is 12.0. The molecule has 0 fully saturated rings. The Hall–Kier alpha value is -0.830. The van der Waals surface area contributed by atoms with Crippen LogP contribution in [-0.2, 0) is 11.2 Å². The molecule has 0 N–H and O–H groups in total. The number of carbonyl (C=O) groups excluding carboxylic acids is 1. The quantitative estimate of drug-likeness (QED) is 0.750. The van der Waals surface area contributed by atoms with Gasteiger partial charge in [-0.3, -0.25) is 4.79 Å². The Kier molecular flexibility index (Phi) is 5.53. The molecule has 0 spiro atoms. The summed E-state index contributed by atoms with van der Waals surface area (Å²) in [6, 6.07) is 7.71. The normalized spacial score (nSPS) is 12.2. The first-order valence-electron chi connectivity index (χ1n) is 5.39. The van der Waals surface area contributed by atoms with E-state index < -0.39 is 0 Å². The van der Waals surface area contributed by atoms with Gasteiger partial charge in [-0.15, -0.1) is 0 Å². The molecule has 0 aliphatic carbocycles. The number of carbonyl (C=O) groups is 1. The first-order valence-corrected chi connectivity index (χ1v) is 6.51. The molecule has 0 amide bonds. The molecule has 88 valence electrons. The average molecular weight is 285 g/mol. The van der Waals surface area contributed by atoms with Crippen LogP contribution < -0.4 is 4.74 Å². The van der Waals surface area contributed by atoms with Crippen molar-refractivity contribution in [2.45, 2.75) is 20.3 Å². The van der Waals surface area contributed by atoms with Crippen molar-refractivity contribution >= 4 is 21.7 Å². The Bertz CT molecular complexity index is 332. The van der Waals surface area contributed by atoms with Gasteiger partial charge in [0.25, 0.3) is 0 Å². The number of ether oxygens (including phenoxy) is 1. The summed E-state index contributed by atoms with van der Waals surface area (Å²) >= 11 is 3.41. The van der Waals surface area contributed by atoms with Crippen molar-refractivity contribution in [2.75, 3.05) is 11.9 Å². The number of hydrogen-bond donors (Lipinski definition) is 0. The van der Waals surface area contributed by atoms with E-state index >= 15 is 0 Å². The molecular formula is C13H17BrO2. The maximum atomic E-state index is 10.9. The average Bonchev–Trinajstić information content (AvgIpc) is 2.27. The van der Waals surface area contributed by atoms with Gasteiger partial charge in [-0.1, -0.05) is 35.0 Å². The first kappa shape index (κ1) is 13.2. The zero-order valence-corrected chi connectivity index (χ0v) is 11.3. The Morgan fingerprint density at radius 2 is 2.00 bits per heavy atom. The fourth-order valence-corrected chi connectivity index (χ4v) is 1.46. The molecule has 0 saturated heterocycles. The zero-order valence-electron chi connectivity index (χ0n) is 9.70. The summed E-state index contributed by atoms with van der Waals surface area (Å²) in [7, 11) is 0. The summed E-state index contributed by atoms with van der Waals surface area (Å²) in [6.07, 6.45) is 0.498. The summed E-state index contributed by atoms with van der Waals surface area (Å²) in [5, 5.41) is 0.940. The van der Waals surface area contributed by atoms with E-state index in [0.717, 1.165) is 16.6 Å². The maximum Gasteiger partial charge on any atom is 0.134 e. The summed E-state index contributed by atoms with van der Waals surface area (Å²) in [5.74, 6) is 1.54. The number of benzene rings is 1. The van der Waals surface area contributed by atoms with Gasteiger partial charge in [0.05, 0.1) is 6.61 Å². The number of ketones is 1. The van der Waals surface area contributed by atoms with Crippen molar-refractivity contribution in [3.8, 4) is 5.75 Å². The predicted octanol–water partition coefficient (Wildman–Crippen LogP) is 3.23. The highest BCUT2D eigenvalue weighted by Crippen LogP contribution is 2.14. The highest BCUT2D eigenvalue weighted by molar-refractivity contribution is 9.09. The lowest BCUT2D eigenvalue weighted by atomic mass is 10.1. The van der Waals surface area contributed by atoms with Crippen LogP contribution in [0.4, 0.5) is 0 Å². The lowest BCUT2D eigenvalue weighted by molar-refractivity contribution is -0.116. The van der Waals surface area contributed by atoms with Gasteiger partial charge in [-0.2, -0.15) is 0 Å². The second kappa shape index (κ2) is 6.69. The van der Waals surface area contributed by atoms with Crippen LogP contribution in [0.25, 0.3) is 0 Å². The molecule has 1 unspecified atom stereocenters. The van der Waals surface area contributed by atoms with Crippen molar-refractivity contribution in [3.05, 3.63) is 29.8 Å². The minimum Gasteiger partial charge on any atom is -0.493 e. The predicted molar refractivity (Wildman–Crippen MR) is 69.3 cm³/mol. The van der Waals surface area contributed by atoms with Crippen LogP contribution in [0.5, 0.6) is 5.75 Å². The molecule has 0 heterocycles. The fraction of sp³-hybridized carbons (Fsp3) is 0.462. The van der Waals surface area contributed by atoms with Crippen LogP contribution in [0, 0.1) is 5.92 Å². The van der Waals surface area contributed by atoms with Gasteiger partial charge in [0.15, 0.2) is 0 Å². The van der Waals surface area contributed by atoms with Gasteiger partial charge in [0.1, 0.15) is 11.5 Å². The molecule has 0 bridgehead atoms. The molecule has 1 rings (SSSR count). The number of Topliss-reactive ketones (excluding diaryl/α,β-unsaturated/α-hetero) is 1. The number of halogens is 1. The van der Waals surface area contributed by atoms with Gasteiger partial charge < -0.3 is 4.74 Å². The Morgan fingerprint density at radius 1 is 1.38 bits per heavy atom. The minimum atomic E-state index is 0.182. The fourth-order valence-electron chi connectivity index (χ4n) is 1.27. The molecule has 0 aliphatic rings. The van der Waals surface area contributed by atoms with E-state index in [0.29, 0.717) is 18.9 Å². The highest BCUT2D eigenvalue weighted by atomic mass is 79.9. The molecule has 1 aromatic carbocycles. The monoisotopic (exact) mass is 284 g/mol. The SMILES string of the molecule is CC(=O)Cc1ccc(OCC(C)CBr)cc1. The van der Waals surface area contributed by atoms with Gasteiger partial charge in [0.2, 0.25) is 0 Å².